The molecule has 170 valence electrons. The van der Waals surface area contributed by atoms with Crippen molar-refractivity contribution in [3.05, 3.63) is 0 Å². The second-order valence-electron chi connectivity index (χ2n) is 11.3. The molecule has 6 nitrogen and oxygen atoms in total. The monoisotopic (exact) mass is 410 g/mol. The van der Waals surface area contributed by atoms with Crippen LogP contribution in [0.1, 0.15) is 81.1 Å². The third-order valence-electron chi connectivity index (χ3n) is 5.26. The molecule has 0 aliphatic heterocycles. The van der Waals surface area contributed by atoms with E-state index in [4.69, 9.17) is 5.41 Å². The minimum Gasteiger partial charge on any atom is -0.356 e. The number of rotatable bonds is 14. The zero-order valence-corrected chi connectivity index (χ0v) is 20.3. The summed E-state index contributed by atoms with van der Waals surface area (Å²) in [5.74, 6) is 0.0728. The molecule has 1 atom stereocenters. The molecule has 0 aliphatic carbocycles. The lowest BCUT2D eigenvalue weighted by atomic mass is 9.72. The number of hydrogen-bond donors (Lipinski definition) is 4. The topological polar surface area (TPSA) is 94.1 Å². The lowest BCUT2D eigenvalue weighted by molar-refractivity contribution is -0.124. The Balaban J connectivity index is 4.76. The van der Waals surface area contributed by atoms with Crippen LogP contribution in [0.3, 0.4) is 0 Å². The molecule has 0 spiro atoms. The van der Waals surface area contributed by atoms with Crippen molar-refractivity contribution in [1.82, 2.24) is 16.0 Å². The Hall–Kier alpha value is -1.43. The van der Waals surface area contributed by atoms with Gasteiger partial charge >= 0.3 is 0 Å². The Kier molecular flexibility index (Phi) is 10.5. The summed E-state index contributed by atoms with van der Waals surface area (Å²) < 4.78 is 0. The number of amides is 2. The molecule has 0 aromatic rings. The van der Waals surface area contributed by atoms with Crippen molar-refractivity contribution in [2.45, 2.75) is 81.1 Å². The van der Waals surface area contributed by atoms with E-state index in [2.05, 4.69) is 57.5 Å². The molecule has 0 aromatic heterocycles. The van der Waals surface area contributed by atoms with Crippen LogP contribution in [-0.2, 0) is 9.59 Å². The maximum atomic E-state index is 12.6. The van der Waals surface area contributed by atoms with Gasteiger partial charge in [-0.15, -0.1) is 0 Å². The molecule has 6 heteroatoms. The number of carbonyl (C=O) groups excluding carboxylic acids is 2. The smallest absolute Gasteiger partial charge is 0.220 e. The van der Waals surface area contributed by atoms with Crippen LogP contribution in [0.5, 0.6) is 0 Å². The predicted octanol–water partition coefficient (Wildman–Crippen LogP) is 3.75. The summed E-state index contributed by atoms with van der Waals surface area (Å²) in [5, 5.41) is 17.1. The lowest BCUT2D eigenvalue weighted by Crippen LogP contribution is -2.43. The normalized spacial score (nSPS) is 14.8. The summed E-state index contributed by atoms with van der Waals surface area (Å²) in [7, 11) is 1.93. The van der Waals surface area contributed by atoms with Gasteiger partial charge in [0.1, 0.15) is 0 Å². The molecule has 0 aliphatic rings. The van der Waals surface area contributed by atoms with E-state index in [0.29, 0.717) is 25.9 Å². The molecule has 1 unspecified atom stereocenters. The first-order valence-electron chi connectivity index (χ1n) is 10.8. The summed E-state index contributed by atoms with van der Waals surface area (Å²) in [6, 6.07) is 0. The Labute approximate surface area is 178 Å². The standard InChI is InChI=1S/C23H46N4O2/c1-10-18(28)26-16-21(4,5)12-20(2,3)11-19(29)27-17-23(8,14-24)13-22(6,7)15-25-9/h14,24-25H,10-13,15-17H2,1-9H3,(H,26,28)(H,27,29). The van der Waals surface area contributed by atoms with E-state index in [9.17, 15) is 9.59 Å². The Morgan fingerprint density at radius 3 is 1.79 bits per heavy atom. The van der Waals surface area contributed by atoms with E-state index in [-0.39, 0.29) is 33.5 Å². The van der Waals surface area contributed by atoms with Gasteiger partial charge < -0.3 is 21.4 Å². The fraction of sp³-hybridized carbons (Fsp3) is 0.870. The molecule has 0 rings (SSSR count). The van der Waals surface area contributed by atoms with Crippen LogP contribution in [-0.4, -0.2) is 44.7 Å². The third-order valence-corrected chi connectivity index (χ3v) is 5.26. The van der Waals surface area contributed by atoms with Crippen molar-refractivity contribution >= 4 is 18.0 Å². The number of hydrogen-bond acceptors (Lipinski definition) is 4. The van der Waals surface area contributed by atoms with E-state index in [1.807, 2.05) is 20.9 Å². The SMILES string of the molecule is CCC(=O)NCC(C)(C)CC(C)(C)CC(=O)NCC(C)(C=N)CC(C)(C)CNC. The minimum absolute atomic E-state index is 0.0166. The molecule has 0 bridgehead atoms. The van der Waals surface area contributed by atoms with Gasteiger partial charge in [0.25, 0.3) is 0 Å². The average molecular weight is 411 g/mol. The van der Waals surface area contributed by atoms with Crippen LogP contribution >= 0.6 is 0 Å². The van der Waals surface area contributed by atoms with Crippen molar-refractivity contribution in [1.29, 1.82) is 5.41 Å². The molecule has 0 aromatic carbocycles. The fourth-order valence-electron chi connectivity index (χ4n) is 4.48. The van der Waals surface area contributed by atoms with E-state index in [1.165, 1.54) is 6.21 Å². The van der Waals surface area contributed by atoms with Crippen LogP contribution < -0.4 is 16.0 Å². The average Bonchev–Trinajstić information content (AvgIpc) is 2.56. The molecule has 0 radical (unpaired) electrons. The minimum atomic E-state index is -0.371. The summed E-state index contributed by atoms with van der Waals surface area (Å²) in [6.07, 6.45) is 4.02. The zero-order chi connectivity index (χ0) is 22.9. The lowest BCUT2D eigenvalue weighted by Gasteiger charge is -2.36. The summed E-state index contributed by atoms with van der Waals surface area (Å²) in [5.41, 5.74) is -0.603. The third kappa shape index (κ3) is 12.0. The molecular weight excluding hydrogens is 364 g/mol. The highest BCUT2D eigenvalue weighted by molar-refractivity contribution is 5.77. The van der Waals surface area contributed by atoms with Crippen molar-refractivity contribution in [3.8, 4) is 0 Å². The molecule has 0 saturated carbocycles. The Bertz CT molecular complexity index is 555. The van der Waals surface area contributed by atoms with Crippen LogP contribution in [0.25, 0.3) is 0 Å². The van der Waals surface area contributed by atoms with Gasteiger partial charge in [-0.2, -0.15) is 0 Å². The maximum absolute atomic E-state index is 12.6. The van der Waals surface area contributed by atoms with Crippen molar-refractivity contribution in [3.63, 3.8) is 0 Å². The first-order chi connectivity index (χ1) is 13.1. The van der Waals surface area contributed by atoms with Gasteiger partial charge in [0.15, 0.2) is 0 Å². The largest absolute Gasteiger partial charge is 0.356 e. The molecular formula is C23H46N4O2. The predicted molar refractivity (Wildman–Crippen MR) is 122 cm³/mol. The quantitative estimate of drug-likeness (QED) is 0.329. The second kappa shape index (κ2) is 11.1. The van der Waals surface area contributed by atoms with E-state index in [0.717, 1.165) is 19.4 Å². The van der Waals surface area contributed by atoms with Gasteiger partial charge in [-0.05, 0) is 42.7 Å². The highest BCUT2D eigenvalue weighted by Gasteiger charge is 2.33. The molecule has 29 heavy (non-hydrogen) atoms. The van der Waals surface area contributed by atoms with Crippen LogP contribution in [0.15, 0.2) is 0 Å². The van der Waals surface area contributed by atoms with Gasteiger partial charge in [-0.1, -0.05) is 55.4 Å². The fourth-order valence-corrected chi connectivity index (χ4v) is 4.48. The van der Waals surface area contributed by atoms with Gasteiger partial charge in [0.2, 0.25) is 11.8 Å². The van der Waals surface area contributed by atoms with Crippen molar-refractivity contribution in [2.75, 3.05) is 26.7 Å². The highest BCUT2D eigenvalue weighted by Crippen LogP contribution is 2.36. The van der Waals surface area contributed by atoms with Crippen molar-refractivity contribution in [2.24, 2.45) is 21.7 Å². The number of nitrogens with one attached hydrogen (secondary N) is 4. The van der Waals surface area contributed by atoms with Gasteiger partial charge in [-0.25, -0.2) is 0 Å². The van der Waals surface area contributed by atoms with Gasteiger partial charge in [0, 0.05) is 37.6 Å². The second-order valence-corrected chi connectivity index (χ2v) is 11.3. The van der Waals surface area contributed by atoms with Gasteiger partial charge in [0.05, 0.1) is 0 Å². The van der Waals surface area contributed by atoms with Crippen LogP contribution in [0.2, 0.25) is 0 Å². The van der Waals surface area contributed by atoms with E-state index in [1.54, 1.807) is 0 Å². The maximum Gasteiger partial charge on any atom is 0.220 e. The molecule has 0 saturated heterocycles. The van der Waals surface area contributed by atoms with E-state index < -0.39 is 0 Å². The molecule has 0 fully saturated rings. The van der Waals surface area contributed by atoms with Crippen LogP contribution in [0.4, 0.5) is 0 Å². The Morgan fingerprint density at radius 1 is 0.793 bits per heavy atom. The molecule has 0 heterocycles. The summed E-state index contributed by atoms with van der Waals surface area (Å²) in [4.78, 5) is 24.2. The van der Waals surface area contributed by atoms with Crippen LogP contribution in [0, 0.1) is 27.1 Å². The Morgan fingerprint density at radius 2 is 1.31 bits per heavy atom. The van der Waals surface area contributed by atoms with Crippen molar-refractivity contribution < 1.29 is 9.59 Å². The molecule has 2 amide bonds. The van der Waals surface area contributed by atoms with Gasteiger partial charge in [-0.3, -0.25) is 9.59 Å². The summed E-state index contributed by atoms with van der Waals surface area (Å²) in [6.45, 7) is 18.6. The number of carbonyl (C=O) groups is 2. The first kappa shape index (κ1) is 27.6. The summed E-state index contributed by atoms with van der Waals surface area (Å²) >= 11 is 0. The molecule has 4 N–H and O–H groups in total. The highest BCUT2D eigenvalue weighted by atomic mass is 16.2. The zero-order valence-electron chi connectivity index (χ0n) is 20.3. The first-order valence-corrected chi connectivity index (χ1v) is 10.8. The van der Waals surface area contributed by atoms with E-state index >= 15 is 0 Å².